The summed E-state index contributed by atoms with van der Waals surface area (Å²) in [4.78, 5) is 14.2. The molecule has 1 aromatic rings. The molecule has 0 spiro atoms. The maximum Gasteiger partial charge on any atom is 0.253 e. The standard InChI is InChI=1S/C17H26N2O2/c1-3-19(4-2)17(20)15-8-5-9-16(11-15)18-12-14-7-6-10-21-13-14/h5,8-9,11,14,18H,3-4,6-7,10,12-13H2,1-2H3. The molecule has 1 unspecified atom stereocenters. The molecule has 0 saturated carbocycles. The molecular weight excluding hydrogens is 264 g/mol. The lowest BCUT2D eigenvalue weighted by atomic mass is 10.0. The molecule has 1 amide bonds. The monoisotopic (exact) mass is 290 g/mol. The zero-order valence-electron chi connectivity index (χ0n) is 13.1. The van der Waals surface area contributed by atoms with Crippen LogP contribution in [0.2, 0.25) is 0 Å². The predicted molar refractivity (Wildman–Crippen MR) is 85.7 cm³/mol. The van der Waals surface area contributed by atoms with E-state index in [9.17, 15) is 4.79 Å². The fourth-order valence-electron chi connectivity index (χ4n) is 2.69. The number of nitrogens with one attached hydrogen (secondary N) is 1. The third kappa shape index (κ3) is 4.46. The van der Waals surface area contributed by atoms with Crippen LogP contribution in [0, 0.1) is 5.92 Å². The number of hydrogen-bond acceptors (Lipinski definition) is 3. The van der Waals surface area contributed by atoms with Gasteiger partial charge < -0.3 is 15.0 Å². The van der Waals surface area contributed by atoms with Gasteiger partial charge in [-0.2, -0.15) is 0 Å². The molecule has 1 aliphatic rings. The van der Waals surface area contributed by atoms with Crippen molar-refractivity contribution in [2.24, 2.45) is 5.92 Å². The van der Waals surface area contributed by atoms with E-state index in [0.29, 0.717) is 5.92 Å². The fraction of sp³-hybridized carbons (Fsp3) is 0.588. The maximum absolute atomic E-state index is 12.3. The number of carbonyl (C=O) groups excluding carboxylic acids is 1. The quantitative estimate of drug-likeness (QED) is 0.875. The summed E-state index contributed by atoms with van der Waals surface area (Å²) < 4.78 is 5.49. The minimum Gasteiger partial charge on any atom is -0.385 e. The van der Waals surface area contributed by atoms with Crippen LogP contribution in [0.15, 0.2) is 24.3 Å². The Bertz CT molecular complexity index is 452. The van der Waals surface area contributed by atoms with E-state index in [1.54, 1.807) is 0 Å². The van der Waals surface area contributed by atoms with E-state index in [1.807, 2.05) is 43.0 Å². The van der Waals surface area contributed by atoms with E-state index in [4.69, 9.17) is 4.74 Å². The van der Waals surface area contributed by atoms with Gasteiger partial charge in [0.15, 0.2) is 0 Å². The molecule has 1 aliphatic heterocycles. The number of nitrogens with zero attached hydrogens (tertiary/aromatic N) is 1. The highest BCUT2D eigenvalue weighted by molar-refractivity contribution is 5.95. The van der Waals surface area contributed by atoms with Crippen molar-refractivity contribution in [3.63, 3.8) is 0 Å². The summed E-state index contributed by atoms with van der Waals surface area (Å²) in [5, 5.41) is 3.43. The Balaban J connectivity index is 1.95. The second kappa shape index (κ2) is 8.03. The van der Waals surface area contributed by atoms with Gasteiger partial charge in [-0.05, 0) is 50.8 Å². The first-order chi connectivity index (χ1) is 10.2. The van der Waals surface area contributed by atoms with Gasteiger partial charge in [-0.15, -0.1) is 0 Å². The summed E-state index contributed by atoms with van der Waals surface area (Å²) in [6, 6.07) is 7.79. The zero-order chi connectivity index (χ0) is 15.1. The summed E-state index contributed by atoms with van der Waals surface area (Å²) in [5.74, 6) is 0.672. The Hall–Kier alpha value is -1.55. The first-order valence-corrected chi connectivity index (χ1v) is 7.95. The van der Waals surface area contributed by atoms with Crippen LogP contribution in [0.1, 0.15) is 37.0 Å². The molecule has 0 aromatic heterocycles. The lowest BCUT2D eigenvalue weighted by Gasteiger charge is -2.23. The van der Waals surface area contributed by atoms with Crippen molar-refractivity contribution < 1.29 is 9.53 Å². The normalized spacial score (nSPS) is 18.3. The van der Waals surface area contributed by atoms with E-state index >= 15 is 0 Å². The Morgan fingerprint density at radius 1 is 1.38 bits per heavy atom. The smallest absolute Gasteiger partial charge is 0.253 e. The van der Waals surface area contributed by atoms with E-state index in [0.717, 1.165) is 50.5 Å². The maximum atomic E-state index is 12.3. The topological polar surface area (TPSA) is 41.6 Å². The number of rotatable bonds is 6. The molecule has 0 bridgehead atoms. The Morgan fingerprint density at radius 2 is 2.19 bits per heavy atom. The molecule has 1 aromatic carbocycles. The molecule has 4 nitrogen and oxygen atoms in total. The van der Waals surface area contributed by atoms with E-state index < -0.39 is 0 Å². The third-order valence-electron chi connectivity index (χ3n) is 4.01. The highest BCUT2D eigenvalue weighted by atomic mass is 16.5. The van der Waals surface area contributed by atoms with Crippen LogP contribution in [-0.2, 0) is 4.74 Å². The number of ether oxygens (including phenoxy) is 1. The molecule has 1 N–H and O–H groups in total. The van der Waals surface area contributed by atoms with Gasteiger partial charge in [-0.1, -0.05) is 6.07 Å². The van der Waals surface area contributed by atoms with Crippen molar-refractivity contribution in [3.8, 4) is 0 Å². The van der Waals surface area contributed by atoms with Crippen LogP contribution >= 0.6 is 0 Å². The van der Waals surface area contributed by atoms with E-state index in [-0.39, 0.29) is 5.91 Å². The summed E-state index contributed by atoms with van der Waals surface area (Å²) in [6.45, 7) is 8.14. The van der Waals surface area contributed by atoms with E-state index in [1.165, 1.54) is 6.42 Å². The van der Waals surface area contributed by atoms with Crippen molar-refractivity contribution in [2.45, 2.75) is 26.7 Å². The highest BCUT2D eigenvalue weighted by Crippen LogP contribution is 2.17. The molecule has 1 atom stereocenters. The van der Waals surface area contributed by atoms with Crippen LogP contribution < -0.4 is 5.32 Å². The molecule has 116 valence electrons. The Morgan fingerprint density at radius 3 is 2.86 bits per heavy atom. The molecular formula is C17H26N2O2. The molecule has 1 fully saturated rings. The van der Waals surface area contributed by atoms with Crippen LogP contribution in [-0.4, -0.2) is 43.7 Å². The summed E-state index contributed by atoms with van der Waals surface area (Å²) in [6.07, 6.45) is 2.36. The molecule has 1 heterocycles. The third-order valence-corrected chi connectivity index (χ3v) is 4.01. The number of hydrogen-bond donors (Lipinski definition) is 1. The van der Waals surface area contributed by atoms with Crippen LogP contribution in [0.4, 0.5) is 5.69 Å². The summed E-state index contributed by atoms with van der Waals surface area (Å²) >= 11 is 0. The first kappa shape index (κ1) is 15.8. The van der Waals surface area contributed by atoms with Gasteiger partial charge in [0.25, 0.3) is 5.91 Å². The second-order valence-electron chi connectivity index (χ2n) is 5.52. The molecule has 4 heteroatoms. The van der Waals surface area contributed by atoms with Gasteiger partial charge in [0.2, 0.25) is 0 Å². The zero-order valence-corrected chi connectivity index (χ0v) is 13.1. The van der Waals surface area contributed by atoms with Crippen molar-refractivity contribution in [2.75, 3.05) is 38.2 Å². The lowest BCUT2D eigenvalue weighted by molar-refractivity contribution is 0.0595. The van der Waals surface area contributed by atoms with Crippen molar-refractivity contribution in [3.05, 3.63) is 29.8 Å². The first-order valence-electron chi connectivity index (χ1n) is 7.95. The predicted octanol–water partition coefficient (Wildman–Crippen LogP) is 3.01. The van der Waals surface area contributed by atoms with Gasteiger partial charge in [0.1, 0.15) is 0 Å². The molecule has 2 rings (SSSR count). The SMILES string of the molecule is CCN(CC)C(=O)c1cccc(NCC2CCCOC2)c1. The van der Waals surface area contributed by atoms with Crippen LogP contribution in [0.25, 0.3) is 0 Å². The van der Waals surface area contributed by atoms with Gasteiger partial charge in [-0.3, -0.25) is 4.79 Å². The van der Waals surface area contributed by atoms with Crippen LogP contribution in [0.3, 0.4) is 0 Å². The summed E-state index contributed by atoms with van der Waals surface area (Å²) in [7, 11) is 0. The second-order valence-corrected chi connectivity index (χ2v) is 5.52. The van der Waals surface area contributed by atoms with Gasteiger partial charge >= 0.3 is 0 Å². The average Bonchev–Trinajstić information content (AvgIpc) is 2.55. The number of anilines is 1. The van der Waals surface area contributed by atoms with Gasteiger partial charge in [-0.25, -0.2) is 0 Å². The van der Waals surface area contributed by atoms with Crippen LogP contribution in [0.5, 0.6) is 0 Å². The number of amides is 1. The molecule has 0 aliphatic carbocycles. The molecule has 1 saturated heterocycles. The van der Waals surface area contributed by atoms with Gasteiger partial charge in [0.05, 0.1) is 6.61 Å². The minimum absolute atomic E-state index is 0.102. The molecule has 0 radical (unpaired) electrons. The Labute approximate surface area is 127 Å². The Kier molecular flexibility index (Phi) is 6.05. The van der Waals surface area contributed by atoms with E-state index in [2.05, 4.69) is 5.32 Å². The summed E-state index contributed by atoms with van der Waals surface area (Å²) in [5.41, 5.74) is 1.77. The molecule has 21 heavy (non-hydrogen) atoms. The fourth-order valence-corrected chi connectivity index (χ4v) is 2.69. The minimum atomic E-state index is 0.102. The largest absolute Gasteiger partial charge is 0.385 e. The van der Waals surface area contributed by atoms with Crippen molar-refractivity contribution >= 4 is 11.6 Å². The average molecular weight is 290 g/mol. The van der Waals surface area contributed by atoms with Crippen molar-refractivity contribution in [1.82, 2.24) is 4.90 Å². The number of benzene rings is 1. The lowest BCUT2D eigenvalue weighted by Crippen LogP contribution is -2.30. The van der Waals surface area contributed by atoms with Gasteiger partial charge in [0, 0.05) is 37.5 Å². The highest BCUT2D eigenvalue weighted by Gasteiger charge is 2.15. The van der Waals surface area contributed by atoms with Crippen molar-refractivity contribution in [1.29, 1.82) is 0 Å². The number of carbonyl (C=O) groups is 1.